The summed E-state index contributed by atoms with van der Waals surface area (Å²) in [7, 11) is 0. The van der Waals surface area contributed by atoms with Crippen LogP contribution < -0.4 is 20.3 Å². The highest BCUT2D eigenvalue weighted by molar-refractivity contribution is 6.30. The topological polar surface area (TPSA) is 69.6 Å². The summed E-state index contributed by atoms with van der Waals surface area (Å²) in [5, 5.41) is 3.22. The molecular weight excluding hydrogens is 356 g/mol. The molecule has 0 aliphatic carbocycles. The molecule has 140 valence electrons. The van der Waals surface area contributed by atoms with Gasteiger partial charge in [0.2, 0.25) is 5.91 Å². The van der Waals surface area contributed by atoms with E-state index in [4.69, 9.17) is 21.1 Å². The predicted octanol–water partition coefficient (Wildman–Crippen LogP) is 2.66. The Morgan fingerprint density at radius 2 is 1.85 bits per heavy atom. The first-order valence-electron chi connectivity index (χ1n) is 8.54. The Labute approximate surface area is 157 Å². The molecular formula is C19H23ClN2O4. The number of pyridine rings is 1. The Hall–Kier alpha value is -2.47. The molecule has 1 aromatic heterocycles. The number of aromatic nitrogens is 1. The second-order valence-corrected chi connectivity index (χ2v) is 6.00. The average molecular weight is 379 g/mol. The molecule has 26 heavy (non-hydrogen) atoms. The van der Waals surface area contributed by atoms with Crippen molar-refractivity contribution in [3.8, 4) is 11.5 Å². The molecule has 0 unspecified atom stereocenters. The molecule has 0 aliphatic heterocycles. The number of ether oxygens (including phenoxy) is 2. The van der Waals surface area contributed by atoms with Crippen molar-refractivity contribution < 1.29 is 14.3 Å². The summed E-state index contributed by atoms with van der Waals surface area (Å²) < 4.78 is 12.4. The first-order valence-corrected chi connectivity index (χ1v) is 8.92. The molecule has 0 atom stereocenters. The van der Waals surface area contributed by atoms with Crippen molar-refractivity contribution in [2.75, 3.05) is 19.8 Å². The molecule has 1 amide bonds. The smallest absolute Gasteiger partial charge is 0.251 e. The SMILES string of the molecule is CCOc1ccc(CCNC(=O)Cn2cc(Cl)ccc2=O)cc1OCC. The van der Waals surface area contributed by atoms with Crippen molar-refractivity contribution in [3.63, 3.8) is 0 Å². The fourth-order valence-electron chi connectivity index (χ4n) is 2.43. The summed E-state index contributed by atoms with van der Waals surface area (Å²) in [5.41, 5.74) is 0.759. The predicted molar refractivity (Wildman–Crippen MR) is 101 cm³/mol. The second-order valence-electron chi connectivity index (χ2n) is 5.56. The van der Waals surface area contributed by atoms with Crippen molar-refractivity contribution in [1.29, 1.82) is 0 Å². The van der Waals surface area contributed by atoms with Gasteiger partial charge in [-0.05, 0) is 44.0 Å². The van der Waals surface area contributed by atoms with Crippen LogP contribution in [0.15, 0.2) is 41.3 Å². The number of carbonyl (C=O) groups is 1. The first-order chi connectivity index (χ1) is 12.5. The van der Waals surface area contributed by atoms with Gasteiger partial charge in [0, 0.05) is 18.8 Å². The zero-order valence-electron chi connectivity index (χ0n) is 15.0. The first kappa shape index (κ1) is 19.8. The lowest BCUT2D eigenvalue weighted by Crippen LogP contribution is -2.32. The molecule has 0 saturated carbocycles. The highest BCUT2D eigenvalue weighted by Gasteiger charge is 2.08. The van der Waals surface area contributed by atoms with Crippen LogP contribution in [0, 0.1) is 0 Å². The molecule has 7 heteroatoms. The Morgan fingerprint density at radius 3 is 2.58 bits per heavy atom. The number of carbonyl (C=O) groups excluding carboxylic acids is 1. The van der Waals surface area contributed by atoms with Gasteiger partial charge in [-0.3, -0.25) is 9.59 Å². The monoisotopic (exact) mass is 378 g/mol. The van der Waals surface area contributed by atoms with E-state index in [0.717, 1.165) is 5.56 Å². The summed E-state index contributed by atoms with van der Waals surface area (Å²) in [4.78, 5) is 23.7. The molecule has 1 N–H and O–H groups in total. The van der Waals surface area contributed by atoms with E-state index < -0.39 is 0 Å². The lowest BCUT2D eigenvalue weighted by molar-refractivity contribution is -0.121. The van der Waals surface area contributed by atoms with Crippen molar-refractivity contribution in [3.05, 3.63) is 57.5 Å². The van der Waals surface area contributed by atoms with Gasteiger partial charge in [-0.25, -0.2) is 0 Å². The van der Waals surface area contributed by atoms with Gasteiger partial charge in [0.05, 0.1) is 18.2 Å². The Bertz CT molecular complexity index is 804. The fraction of sp³-hybridized carbons (Fsp3) is 0.368. The third kappa shape index (κ3) is 5.81. The lowest BCUT2D eigenvalue weighted by atomic mass is 10.1. The number of nitrogens with one attached hydrogen (secondary N) is 1. The zero-order valence-corrected chi connectivity index (χ0v) is 15.7. The normalized spacial score (nSPS) is 10.4. The van der Waals surface area contributed by atoms with Crippen LogP contribution in [0.2, 0.25) is 5.02 Å². The molecule has 0 radical (unpaired) electrons. The van der Waals surface area contributed by atoms with E-state index in [1.165, 1.54) is 22.9 Å². The van der Waals surface area contributed by atoms with Crippen LogP contribution in [0.3, 0.4) is 0 Å². The molecule has 0 spiro atoms. The Balaban J connectivity index is 1.90. The van der Waals surface area contributed by atoms with Gasteiger partial charge in [-0.2, -0.15) is 0 Å². The van der Waals surface area contributed by atoms with Crippen LogP contribution in [-0.4, -0.2) is 30.2 Å². The lowest BCUT2D eigenvalue weighted by Gasteiger charge is -2.13. The molecule has 0 aliphatic rings. The van der Waals surface area contributed by atoms with Gasteiger partial charge in [0.1, 0.15) is 6.54 Å². The number of halogens is 1. The second kappa shape index (κ2) is 9.87. The number of hydrogen-bond acceptors (Lipinski definition) is 4. The van der Waals surface area contributed by atoms with Crippen molar-refractivity contribution in [1.82, 2.24) is 9.88 Å². The maximum atomic E-state index is 12.0. The zero-order chi connectivity index (χ0) is 18.9. The van der Waals surface area contributed by atoms with Gasteiger partial charge in [0.25, 0.3) is 5.56 Å². The van der Waals surface area contributed by atoms with Gasteiger partial charge >= 0.3 is 0 Å². The molecule has 1 aromatic carbocycles. The summed E-state index contributed by atoms with van der Waals surface area (Å²) in [6.07, 6.45) is 2.09. The number of amides is 1. The van der Waals surface area contributed by atoms with Crippen LogP contribution in [0.1, 0.15) is 19.4 Å². The van der Waals surface area contributed by atoms with E-state index in [9.17, 15) is 9.59 Å². The summed E-state index contributed by atoms with van der Waals surface area (Å²) >= 11 is 5.85. The maximum absolute atomic E-state index is 12.0. The largest absolute Gasteiger partial charge is 0.490 e. The number of nitrogens with zero attached hydrogens (tertiary/aromatic N) is 1. The van der Waals surface area contributed by atoms with Crippen LogP contribution in [0.25, 0.3) is 0 Å². The van der Waals surface area contributed by atoms with Gasteiger partial charge in [0.15, 0.2) is 11.5 Å². The molecule has 6 nitrogen and oxygen atoms in total. The molecule has 2 aromatic rings. The highest BCUT2D eigenvalue weighted by atomic mass is 35.5. The molecule has 1 heterocycles. The maximum Gasteiger partial charge on any atom is 0.251 e. The van der Waals surface area contributed by atoms with Crippen LogP contribution in [-0.2, 0) is 17.8 Å². The van der Waals surface area contributed by atoms with Gasteiger partial charge in [-0.1, -0.05) is 17.7 Å². The summed E-state index contributed by atoms with van der Waals surface area (Å²) in [6, 6.07) is 8.57. The van der Waals surface area contributed by atoms with E-state index in [1.54, 1.807) is 0 Å². The quantitative estimate of drug-likeness (QED) is 0.728. The van der Waals surface area contributed by atoms with E-state index >= 15 is 0 Å². The molecule has 0 bridgehead atoms. The summed E-state index contributed by atoms with van der Waals surface area (Å²) in [6.45, 7) is 5.35. The number of rotatable bonds is 9. The fourth-order valence-corrected chi connectivity index (χ4v) is 2.61. The van der Waals surface area contributed by atoms with Crippen molar-refractivity contribution in [2.45, 2.75) is 26.8 Å². The van der Waals surface area contributed by atoms with E-state index in [0.29, 0.717) is 42.7 Å². The van der Waals surface area contributed by atoms with E-state index in [1.807, 2.05) is 32.0 Å². The third-order valence-corrected chi connectivity index (χ3v) is 3.83. The Morgan fingerprint density at radius 1 is 1.12 bits per heavy atom. The third-order valence-electron chi connectivity index (χ3n) is 3.60. The van der Waals surface area contributed by atoms with Gasteiger partial charge < -0.3 is 19.4 Å². The summed E-state index contributed by atoms with van der Waals surface area (Å²) in [5.74, 6) is 1.16. The van der Waals surface area contributed by atoms with E-state index in [-0.39, 0.29) is 18.0 Å². The van der Waals surface area contributed by atoms with Crippen molar-refractivity contribution in [2.24, 2.45) is 0 Å². The number of hydrogen-bond donors (Lipinski definition) is 1. The van der Waals surface area contributed by atoms with Crippen molar-refractivity contribution >= 4 is 17.5 Å². The minimum atomic E-state index is -0.266. The molecule has 0 fully saturated rings. The van der Waals surface area contributed by atoms with Gasteiger partial charge in [-0.15, -0.1) is 0 Å². The standard InChI is InChI=1S/C19H23ClN2O4/c1-3-25-16-7-5-14(11-17(16)26-4-2)9-10-21-18(23)13-22-12-15(20)6-8-19(22)24/h5-8,11-12H,3-4,9-10,13H2,1-2H3,(H,21,23). The Kier molecular flexibility index (Phi) is 7.53. The minimum absolute atomic E-state index is 0.0626. The highest BCUT2D eigenvalue weighted by Crippen LogP contribution is 2.28. The minimum Gasteiger partial charge on any atom is -0.490 e. The van der Waals surface area contributed by atoms with Crippen LogP contribution in [0.5, 0.6) is 11.5 Å². The molecule has 2 rings (SSSR count). The molecule has 0 saturated heterocycles. The average Bonchev–Trinajstić information content (AvgIpc) is 2.61. The van der Waals surface area contributed by atoms with E-state index in [2.05, 4.69) is 5.32 Å². The van der Waals surface area contributed by atoms with Crippen LogP contribution in [0.4, 0.5) is 0 Å². The number of benzene rings is 1. The van der Waals surface area contributed by atoms with Crippen LogP contribution >= 0.6 is 11.6 Å².